The third-order valence-corrected chi connectivity index (χ3v) is 8.23. The van der Waals surface area contributed by atoms with Crippen molar-refractivity contribution in [2.24, 2.45) is 0 Å². The second kappa shape index (κ2) is 13.4. The summed E-state index contributed by atoms with van der Waals surface area (Å²) in [6.07, 6.45) is 5.26. The van der Waals surface area contributed by atoms with Crippen LogP contribution in [0.25, 0.3) is 0 Å². The van der Waals surface area contributed by atoms with Crippen molar-refractivity contribution >= 4 is 17.5 Å². The minimum atomic E-state index is -0.283. The predicted molar refractivity (Wildman–Crippen MR) is 152 cm³/mol. The molecule has 1 unspecified atom stereocenters. The van der Waals surface area contributed by atoms with E-state index in [2.05, 4.69) is 16.3 Å². The van der Waals surface area contributed by atoms with Gasteiger partial charge in [0.05, 0.1) is 12.7 Å². The van der Waals surface area contributed by atoms with Crippen LogP contribution < -0.4 is 15.0 Å². The number of rotatable bonds is 10. The number of carbonyl (C=O) groups is 2. The first-order chi connectivity index (χ1) is 19.1. The number of piperazine rings is 1. The molecule has 39 heavy (non-hydrogen) atoms. The quantitative estimate of drug-likeness (QED) is 0.456. The summed E-state index contributed by atoms with van der Waals surface area (Å²) in [5, 5.41) is 13.6. The minimum Gasteiger partial charge on any atom is -0.494 e. The van der Waals surface area contributed by atoms with Crippen LogP contribution in [0.5, 0.6) is 5.75 Å². The summed E-state index contributed by atoms with van der Waals surface area (Å²) in [5.74, 6) is 0.984. The van der Waals surface area contributed by atoms with Crippen LogP contribution >= 0.6 is 0 Å². The zero-order valence-electron chi connectivity index (χ0n) is 22.9. The number of aliphatic hydroxyl groups excluding tert-OH is 1. The molecule has 8 heteroatoms. The minimum absolute atomic E-state index is 0.0313. The highest BCUT2D eigenvalue weighted by Gasteiger charge is 2.33. The second-order valence-electron chi connectivity index (χ2n) is 11.0. The summed E-state index contributed by atoms with van der Waals surface area (Å²) in [4.78, 5) is 32.1. The average molecular weight is 535 g/mol. The van der Waals surface area contributed by atoms with E-state index in [0.717, 1.165) is 82.7 Å². The van der Waals surface area contributed by atoms with Crippen molar-refractivity contribution < 1.29 is 19.4 Å². The van der Waals surface area contributed by atoms with E-state index in [9.17, 15) is 14.7 Å². The Labute approximate surface area is 231 Å². The molecule has 2 N–H and O–H groups in total. The lowest BCUT2D eigenvalue weighted by molar-refractivity contribution is -0.119. The molecule has 0 bridgehead atoms. The van der Waals surface area contributed by atoms with Crippen molar-refractivity contribution in [1.29, 1.82) is 0 Å². The number of amides is 2. The molecule has 0 spiro atoms. The van der Waals surface area contributed by atoms with Crippen LogP contribution in [0.1, 0.15) is 54.4 Å². The maximum absolute atomic E-state index is 13.1. The molecule has 2 aromatic rings. The molecule has 2 amide bonds. The normalized spacial score (nSPS) is 19.6. The topological polar surface area (TPSA) is 85.3 Å². The van der Waals surface area contributed by atoms with Gasteiger partial charge in [0.25, 0.3) is 5.91 Å². The summed E-state index contributed by atoms with van der Waals surface area (Å²) in [6.45, 7) is 6.65. The number of carbonyl (C=O) groups excluding carboxylic acids is 2. The predicted octanol–water partition coefficient (Wildman–Crippen LogP) is 3.09. The fraction of sp³-hybridized carbons (Fsp3) is 0.548. The molecule has 8 nitrogen and oxygen atoms in total. The van der Waals surface area contributed by atoms with Gasteiger partial charge in [-0.2, -0.15) is 0 Å². The van der Waals surface area contributed by atoms with Gasteiger partial charge in [-0.3, -0.25) is 14.5 Å². The van der Waals surface area contributed by atoms with Crippen LogP contribution in [0.3, 0.4) is 0 Å². The molecule has 0 aliphatic carbocycles. The maximum Gasteiger partial charge on any atom is 0.253 e. The summed E-state index contributed by atoms with van der Waals surface area (Å²) in [5.41, 5.74) is 2.94. The average Bonchev–Trinajstić information content (AvgIpc) is 2.97. The lowest BCUT2D eigenvalue weighted by Gasteiger charge is -2.41. The van der Waals surface area contributed by atoms with Crippen LogP contribution in [0.15, 0.2) is 48.5 Å². The fourth-order valence-corrected chi connectivity index (χ4v) is 6.01. The van der Waals surface area contributed by atoms with Crippen molar-refractivity contribution in [1.82, 2.24) is 15.1 Å². The number of β-amino-alcohol motifs (C(OH)–C–C–N with tert-alkyl or cyclic N) is 1. The molecule has 0 radical (unpaired) electrons. The fourth-order valence-electron chi connectivity index (χ4n) is 6.01. The number of aliphatic hydroxyl groups is 1. The lowest BCUT2D eigenvalue weighted by atomic mass is 9.95. The van der Waals surface area contributed by atoms with Crippen molar-refractivity contribution in [2.45, 2.75) is 57.1 Å². The molecule has 0 saturated carbocycles. The van der Waals surface area contributed by atoms with Crippen LogP contribution in [-0.4, -0.2) is 91.3 Å². The van der Waals surface area contributed by atoms with E-state index in [0.29, 0.717) is 31.7 Å². The monoisotopic (exact) mass is 534 g/mol. The highest BCUT2D eigenvalue weighted by atomic mass is 16.5. The van der Waals surface area contributed by atoms with Crippen LogP contribution in [0, 0.1) is 0 Å². The molecular formula is C31H42N4O4. The standard InChI is InChI=1S/C31H42N4O4/c36-27(23-33-20-16-32-17-21-33)6-3-4-22-39-28-11-8-25(9-12-28)31(38)34-18-14-26(15-19-34)35-29-7-2-1-5-24(29)10-13-30(35)37/h1-2,5,7-9,11-12,26-27,32,36H,3-4,6,10,13-23H2. The zero-order chi connectivity index (χ0) is 27.0. The van der Waals surface area contributed by atoms with Gasteiger partial charge in [0.2, 0.25) is 5.91 Å². The number of likely N-dealkylation sites (tertiary alicyclic amines) is 1. The number of fused-ring (bicyclic) bond motifs is 1. The summed E-state index contributed by atoms with van der Waals surface area (Å²) in [7, 11) is 0. The number of nitrogens with one attached hydrogen (secondary N) is 1. The number of piperidine rings is 1. The zero-order valence-corrected chi connectivity index (χ0v) is 22.9. The van der Waals surface area contributed by atoms with Crippen LogP contribution in [-0.2, 0) is 11.2 Å². The Kier molecular flexibility index (Phi) is 9.50. The number of hydrogen-bond acceptors (Lipinski definition) is 6. The number of para-hydroxylation sites is 1. The first kappa shape index (κ1) is 27.6. The highest BCUT2D eigenvalue weighted by Crippen LogP contribution is 2.32. The highest BCUT2D eigenvalue weighted by molar-refractivity contribution is 5.97. The molecule has 1 atom stereocenters. The number of nitrogens with zero attached hydrogens (tertiary/aromatic N) is 3. The second-order valence-corrected chi connectivity index (χ2v) is 11.0. The molecule has 210 valence electrons. The van der Waals surface area contributed by atoms with Gasteiger partial charge in [-0.05, 0) is 74.4 Å². The Morgan fingerprint density at radius 2 is 1.72 bits per heavy atom. The van der Waals surface area contributed by atoms with E-state index in [1.807, 2.05) is 52.3 Å². The van der Waals surface area contributed by atoms with E-state index in [1.54, 1.807) is 0 Å². The smallest absolute Gasteiger partial charge is 0.253 e. The Balaban J connectivity index is 1.03. The van der Waals surface area contributed by atoms with Crippen molar-refractivity contribution in [3.05, 3.63) is 59.7 Å². The molecule has 2 saturated heterocycles. The Morgan fingerprint density at radius 3 is 2.49 bits per heavy atom. The Hall–Kier alpha value is -2.94. The molecule has 2 fully saturated rings. The number of unbranched alkanes of at least 4 members (excludes halogenated alkanes) is 1. The number of benzene rings is 2. The van der Waals surface area contributed by atoms with Gasteiger partial charge >= 0.3 is 0 Å². The molecule has 2 aromatic carbocycles. The van der Waals surface area contributed by atoms with Crippen molar-refractivity contribution in [3.8, 4) is 5.75 Å². The first-order valence-electron chi connectivity index (χ1n) is 14.6. The van der Waals surface area contributed by atoms with Gasteiger partial charge in [-0.15, -0.1) is 0 Å². The van der Waals surface area contributed by atoms with Crippen molar-refractivity contribution in [3.63, 3.8) is 0 Å². The summed E-state index contributed by atoms with van der Waals surface area (Å²) < 4.78 is 5.88. The first-order valence-corrected chi connectivity index (χ1v) is 14.6. The van der Waals surface area contributed by atoms with Gasteiger partial charge in [0.1, 0.15) is 5.75 Å². The van der Waals surface area contributed by atoms with Gasteiger partial charge < -0.3 is 25.0 Å². The van der Waals surface area contributed by atoms with E-state index < -0.39 is 0 Å². The largest absolute Gasteiger partial charge is 0.494 e. The van der Waals surface area contributed by atoms with E-state index >= 15 is 0 Å². The van der Waals surface area contributed by atoms with Gasteiger partial charge in [-0.25, -0.2) is 0 Å². The molecule has 3 aliphatic heterocycles. The number of anilines is 1. The lowest BCUT2D eigenvalue weighted by Crippen LogP contribution is -2.50. The third kappa shape index (κ3) is 7.18. The van der Waals surface area contributed by atoms with Gasteiger partial charge in [0.15, 0.2) is 0 Å². The maximum atomic E-state index is 13.1. The number of aryl methyl sites for hydroxylation is 1. The molecule has 5 rings (SSSR count). The molecular weight excluding hydrogens is 492 g/mol. The summed E-state index contributed by atoms with van der Waals surface area (Å²) in [6, 6.07) is 15.7. The number of hydrogen-bond donors (Lipinski definition) is 2. The Morgan fingerprint density at radius 1 is 0.974 bits per heavy atom. The summed E-state index contributed by atoms with van der Waals surface area (Å²) >= 11 is 0. The Bertz CT molecular complexity index is 1090. The molecule has 0 aromatic heterocycles. The number of ether oxygens (including phenoxy) is 1. The molecule has 3 heterocycles. The van der Waals surface area contributed by atoms with Crippen LogP contribution in [0.2, 0.25) is 0 Å². The van der Waals surface area contributed by atoms with Gasteiger partial charge in [0, 0.05) is 69.5 Å². The SMILES string of the molecule is O=C(c1ccc(OCCCCC(O)CN2CCNCC2)cc1)N1CCC(N2C(=O)CCc3ccccc32)CC1. The van der Waals surface area contributed by atoms with Crippen LogP contribution in [0.4, 0.5) is 5.69 Å². The van der Waals surface area contributed by atoms with E-state index in [1.165, 1.54) is 5.56 Å². The molecule has 3 aliphatic rings. The third-order valence-electron chi connectivity index (χ3n) is 8.23. The van der Waals surface area contributed by atoms with Crippen molar-refractivity contribution in [2.75, 3.05) is 57.3 Å². The van der Waals surface area contributed by atoms with E-state index in [-0.39, 0.29) is 24.0 Å². The van der Waals surface area contributed by atoms with E-state index in [4.69, 9.17) is 4.74 Å². The van der Waals surface area contributed by atoms with Gasteiger partial charge in [-0.1, -0.05) is 18.2 Å².